The Morgan fingerprint density at radius 1 is 0.742 bits per heavy atom. The van der Waals surface area contributed by atoms with Crippen LogP contribution in [0.15, 0.2) is 97.2 Å². The van der Waals surface area contributed by atoms with E-state index in [1.807, 2.05) is 31.3 Å². The minimum Gasteiger partial charge on any atom is -0.386 e. The van der Waals surface area contributed by atoms with Crippen LogP contribution in [0.4, 0.5) is 0 Å². The summed E-state index contributed by atoms with van der Waals surface area (Å²) < 4.78 is 29.6. The molecule has 0 amide bonds. The molecule has 0 aliphatic rings. The number of imidazole rings is 1. The van der Waals surface area contributed by atoms with E-state index in [9.17, 15) is 4.57 Å². The molecule has 160 valence electrons. The molecular formula is C24H25N2O4P. The highest BCUT2D eigenvalue weighted by Crippen LogP contribution is 2.49. The predicted octanol–water partition coefficient (Wildman–Crippen LogP) is 6.61. The number of aromatic amines is 1. The molecule has 0 aliphatic heterocycles. The highest BCUT2D eigenvalue weighted by Gasteiger charge is 2.33. The smallest absolute Gasteiger partial charge is 0.386 e. The summed E-state index contributed by atoms with van der Waals surface area (Å²) in [5.41, 5.74) is 1.14. The van der Waals surface area contributed by atoms with Gasteiger partial charge in [0.2, 0.25) is 0 Å². The molecule has 3 aromatic carbocycles. The van der Waals surface area contributed by atoms with Gasteiger partial charge in [-0.15, -0.1) is 0 Å². The van der Waals surface area contributed by atoms with Crippen LogP contribution in [0.25, 0.3) is 0 Å². The zero-order chi connectivity index (χ0) is 21.9. The number of aryl methyl sites for hydroxylation is 2. The van der Waals surface area contributed by atoms with Crippen molar-refractivity contribution < 1.29 is 18.1 Å². The molecule has 0 aliphatic carbocycles. The van der Waals surface area contributed by atoms with Crippen molar-refractivity contribution in [3.05, 3.63) is 109 Å². The first-order valence-corrected chi connectivity index (χ1v) is 11.4. The second kappa shape index (κ2) is 11.0. The highest BCUT2D eigenvalue weighted by molar-refractivity contribution is 7.49. The molecule has 0 unspecified atom stereocenters. The summed E-state index contributed by atoms with van der Waals surface area (Å²) in [6, 6.07) is 26.4. The number of benzene rings is 3. The Bertz CT molecular complexity index is 978. The zero-order valence-electron chi connectivity index (χ0n) is 17.5. The van der Waals surface area contributed by atoms with E-state index >= 15 is 0 Å². The van der Waals surface area contributed by atoms with Crippen molar-refractivity contribution in [3.63, 3.8) is 0 Å². The van der Waals surface area contributed by atoms with Gasteiger partial charge in [-0.1, -0.05) is 61.5 Å². The van der Waals surface area contributed by atoms with Crippen molar-refractivity contribution in [1.82, 2.24) is 9.97 Å². The second-order valence-corrected chi connectivity index (χ2v) is 7.97. The van der Waals surface area contributed by atoms with Gasteiger partial charge in [0.1, 0.15) is 23.1 Å². The topological polar surface area (TPSA) is 73.4 Å². The number of nitrogens with zero attached hydrogens (tertiary/aromatic N) is 1. The van der Waals surface area contributed by atoms with Gasteiger partial charge in [-0.05, 0) is 43.3 Å². The van der Waals surface area contributed by atoms with E-state index in [1.165, 1.54) is 0 Å². The fraction of sp³-hybridized carbons (Fsp3) is 0.125. The lowest BCUT2D eigenvalue weighted by Gasteiger charge is -2.19. The Hall–Kier alpha value is -3.50. The van der Waals surface area contributed by atoms with Gasteiger partial charge in [-0.2, -0.15) is 4.57 Å². The van der Waals surface area contributed by atoms with Crippen LogP contribution < -0.4 is 13.6 Å². The van der Waals surface area contributed by atoms with Gasteiger partial charge in [-0.3, -0.25) is 0 Å². The molecule has 6 nitrogen and oxygen atoms in total. The monoisotopic (exact) mass is 436 g/mol. The number of phosphoric ester groups is 1. The fourth-order valence-electron chi connectivity index (χ4n) is 2.53. The number of aromatic nitrogens is 2. The lowest BCUT2D eigenvalue weighted by atomic mass is 10.3. The maximum absolute atomic E-state index is 13.1. The minimum absolute atomic E-state index is 0.405. The van der Waals surface area contributed by atoms with Gasteiger partial charge in [0, 0.05) is 18.3 Å². The van der Waals surface area contributed by atoms with Gasteiger partial charge in [0.05, 0.1) is 0 Å². The Morgan fingerprint density at radius 3 is 1.39 bits per heavy atom. The van der Waals surface area contributed by atoms with E-state index in [4.69, 9.17) is 13.6 Å². The summed E-state index contributed by atoms with van der Waals surface area (Å²) in [6.45, 7) is 4.09. The molecule has 1 aromatic heterocycles. The Labute approximate surface area is 182 Å². The van der Waals surface area contributed by atoms with Gasteiger partial charge in [-0.25, -0.2) is 4.98 Å². The van der Waals surface area contributed by atoms with Crippen LogP contribution in [0, 0.1) is 6.92 Å². The van der Waals surface area contributed by atoms with E-state index in [1.54, 1.807) is 72.8 Å². The third kappa shape index (κ3) is 7.36. The van der Waals surface area contributed by atoms with Crippen LogP contribution >= 0.6 is 7.82 Å². The highest BCUT2D eigenvalue weighted by atomic mass is 31.2. The molecule has 0 bridgehead atoms. The number of hydrogen-bond acceptors (Lipinski definition) is 5. The van der Waals surface area contributed by atoms with Gasteiger partial charge in [0.15, 0.2) is 0 Å². The first-order chi connectivity index (χ1) is 15.1. The Morgan fingerprint density at radius 2 is 1.13 bits per heavy atom. The van der Waals surface area contributed by atoms with Gasteiger partial charge >= 0.3 is 7.82 Å². The van der Waals surface area contributed by atoms with Gasteiger partial charge < -0.3 is 18.6 Å². The van der Waals surface area contributed by atoms with Crippen molar-refractivity contribution in [3.8, 4) is 17.2 Å². The molecule has 0 spiro atoms. The molecule has 1 heterocycles. The van der Waals surface area contributed by atoms with Crippen molar-refractivity contribution in [1.29, 1.82) is 0 Å². The van der Waals surface area contributed by atoms with Gasteiger partial charge in [0.25, 0.3) is 0 Å². The van der Waals surface area contributed by atoms with Crippen LogP contribution in [-0.4, -0.2) is 9.97 Å². The molecule has 0 saturated heterocycles. The van der Waals surface area contributed by atoms with Crippen LogP contribution in [0.2, 0.25) is 0 Å². The molecule has 31 heavy (non-hydrogen) atoms. The first kappa shape index (κ1) is 22.2. The normalized spacial score (nSPS) is 10.5. The number of H-pyrrole nitrogens is 1. The average molecular weight is 436 g/mol. The quantitative estimate of drug-likeness (QED) is 0.330. The maximum Gasteiger partial charge on any atom is 0.647 e. The number of rotatable bonds is 7. The molecule has 7 heteroatoms. The lowest BCUT2D eigenvalue weighted by Crippen LogP contribution is -2.07. The Kier molecular flexibility index (Phi) is 7.91. The Balaban J connectivity index is 0.000000287. The number of para-hydroxylation sites is 3. The van der Waals surface area contributed by atoms with Crippen molar-refractivity contribution in [2.24, 2.45) is 0 Å². The number of nitrogens with one attached hydrogen (secondary N) is 1. The first-order valence-electron chi connectivity index (χ1n) is 9.91. The summed E-state index contributed by atoms with van der Waals surface area (Å²) in [5, 5.41) is 0. The molecule has 0 saturated carbocycles. The summed E-state index contributed by atoms with van der Waals surface area (Å²) in [7, 11) is -3.89. The summed E-state index contributed by atoms with van der Waals surface area (Å²) in [4.78, 5) is 7.19. The second-order valence-electron chi connectivity index (χ2n) is 6.53. The standard InChI is InChI=1S/C18H15O4P.C6H10N2/c19-23(20-16-10-4-1-5-11-16,21-17-12-6-2-7-13-17)22-18-14-8-3-9-15-18;1-3-6-7-4-5(2)8-6/h1-15H;4H,3H2,1-2H3,(H,7,8). The largest absolute Gasteiger partial charge is 0.647 e. The van der Waals surface area contributed by atoms with E-state index in [2.05, 4.69) is 16.9 Å². The predicted molar refractivity (Wildman–Crippen MR) is 122 cm³/mol. The van der Waals surface area contributed by atoms with E-state index in [-0.39, 0.29) is 0 Å². The van der Waals surface area contributed by atoms with Crippen molar-refractivity contribution >= 4 is 7.82 Å². The van der Waals surface area contributed by atoms with Crippen LogP contribution in [0.3, 0.4) is 0 Å². The molecule has 0 radical (unpaired) electrons. The SMILES string of the molecule is CCc1ncc(C)[nH]1.O=P(Oc1ccccc1)(Oc1ccccc1)Oc1ccccc1. The average Bonchev–Trinajstić information content (AvgIpc) is 3.21. The summed E-state index contributed by atoms with van der Waals surface area (Å²) >= 11 is 0. The fourth-order valence-corrected chi connectivity index (χ4v) is 3.79. The molecule has 0 atom stereocenters. The third-order valence-corrected chi connectivity index (χ3v) is 5.27. The van der Waals surface area contributed by atoms with E-state index in [0.717, 1.165) is 17.9 Å². The van der Waals surface area contributed by atoms with Crippen LogP contribution in [0.1, 0.15) is 18.4 Å². The van der Waals surface area contributed by atoms with Crippen LogP contribution in [0.5, 0.6) is 17.2 Å². The molecule has 4 aromatic rings. The number of phosphoric acid groups is 1. The third-order valence-electron chi connectivity index (χ3n) is 3.97. The number of hydrogen-bond donors (Lipinski definition) is 1. The lowest BCUT2D eigenvalue weighted by molar-refractivity contribution is 0.298. The molecule has 0 fully saturated rings. The van der Waals surface area contributed by atoms with E-state index in [0.29, 0.717) is 17.2 Å². The molecule has 1 N–H and O–H groups in total. The van der Waals surface area contributed by atoms with E-state index < -0.39 is 7.82 Å². The molecular weight excluding hydrogens is 411 g/mol. The maximum atomic E-state index is 13.1. The summed E-state index contributed by atoms with van der Waals surface area (Å²) in [6.07, 6.45) is 2.84. The van der Waals surface area contributed by atoms with Crippen molar-refractivity contribution in [2.45, 2.75) is 20.3 Å². The zero-order valence-corrected chi connectivity index (χ0v) is 18.4. The molecule has 4 rings (SSSR count). The van der Waals surface area contributed by atoms with Crippen molar-refractivity contribution in [2.75, 3.05) is 0 Å². The van der Waals surface area contributed by atoms with Crippen LogP contribution in [-0.2, 0) is 11.0 Å². The summed E-state index contributed by atoms with van der Waals surface area (Å²) in [5.74, 6) is 2.29. The minimum atomic E-state index is -3.89.